The second kappa shape index (κ2) is 5.91. The van der Waals surface area contributed by atoms with Gasteiger partial charge in [0.25, 0.3) is 5.91 Å². The van der Waals surface area contributed by atoms with Gasteiger partial charge in [-0.3, -0.25) is 4.79 Å². The maximum absolute atomic E-state index is 12.2. The summed E-state index contributed by atoms with van der Waals surface area (Å²) >= 11 is 12.0. The summed E-state index contributed by atoms with van der Waals surface area (Å²) in [5.74, 6) is -0.190. The molecular formula is C13H16Cl2N2O. The number of carbonyl (C=O) groups is 1. The molecule has 2 N–H and O–H groups in total. The van der Waals surface area contributed by atoms with E-state index >= 15 is 0 Å². The predicted molar refractivity (Wildman–Crippen MR) is 74.4 cm³/mol. The average molecular weight is 287 g/mol. The summed E-state index contributed by atoms with van der Waals surface area (Å²) in [6, 6.07) is 5.68. The average Bonchev–Trinajstić information content (AvgIpc) is 2.28. The van der Waals surface area contributed by atoms with Gasteiger partial charge < -0.3 is 10.6 Å². The molecule has 3 nitrogen and oxygen atoms in total. The molecule has 98 valence electrons. The third-order valence-electron chi connectivity index (χ3n) is 3.15. The standard InChI is InChI=1S/C13H16Cl2N2O/c1-8-7-9(5-6-16-8)17-13(18)12-10(14)3-2-4-11(12)15/h2-4,8-9,16H,5-7H2,1H3,(H,17,18). The number of hydrogen-bond donors (Lipinski definition) is 2. The van der Waals surface area contributed by atoms with Crippen LogP contribution in [0.1, 0.15) is 30.1 Å². The van der Waals surface area contributed by atoms with Gasteiger partial charge in [-0.25, -0.2) is 0 Å². The third kappa shape index (κ3) is 3.16. The Morgan fingerprint density at radius 3 is 2.67 bits per heavy atom. The highest BCUT2D eigenvalue weighted by Gasteiger charge is 2.22. The van der Waals surface area contributed by atoms with Crippen molar-refractivity contribution in [3.8, 4) is 0 Å². The Morgan fingerprint density at radius 2 is 2.06 bits per heavy atom. The number of halogens is 2. The van der Waals surface area contributed by atoms with E-state index in [9.17, 15) is 4.79 Å². The Kier molecular flexibility index (Phi) is 4.49. The van der Waals surface area contributed by atoms with Crippen LogP contribution in [-0.4, -0.2) is 24.5 Å². The van der Waals surface area contributed by atoms with Crippen molar-refractivity contribution in [1.82, 2.24) is 10.6 Å². The van der Waals surface area contributed by atoms with Gasteiger partial charge in [0.15, 0.2) is 0 Å². The van der Waals surface area contributed by atoms with Gasteiger partial charge in [0.1, 0.15) is 0 Å². The van der Waals surface area contributed by atoms with Gasteiger partial charge in [0.05, 0.1) is 15.6 Å². The highest BCUT2D eigenvalue weighted by atomic mass is 35.5. The Labute approximate surface area is 117 Å². The van der Waals surface area contributed by atoms with Crippen molar-refractivity contribution >= 4 is 29.1 Å². The van der Waals surface area contributed by atoms with Crippen molar-refractivity contribution in [2.75, 3.05) is 6.54 Å². The fourth-order valence-electron chi connectivity index (χ4n) is 2.24. The van der Waals surface area contributed by atoms with E-state index in [1.807, 2.05) is 0 Å². The zero-order chi connectivity index (χ0) is 13.1. The number of carbonyl (C=O) groups excluding carboxylic acids is 1. The minimum atomic E-state index is -0.190. The topological polar surface area (TPSA) is 41.1 Å². The molecular weight excluding hydrogens is 271 g/mol. The largest absolute Gasteiger partial charge is 0.349 e. The Balaban J connectivity index is 2.07. The summed E-state index contributed by atoms with van der Waals surface area (Å²) in [5.41, 5.74) is 0.368. The molecule has 1 heterocycles. The summed E-state index contributed by atoms with van der Waals surface area (Å²) in [6.45, 7) is 3.03. The van der Waals surface area contributed by atoms with Gasteiger partial charge in [-0.15, -0.1) is 0 Å². The Hall–Kier alpha value is -0.770. The van der Waals surface area contributed by atoms with E-state index in [0.717, 1.165) is 19.4 Å². The van der Waals surface area contributed by atoms with Crippen molar-refractivity contribution in [2.24, 2.45) is 0 Å². The second-order valence-corrected chi connectivity index (χ2v) is 5.46. The zero-order valence-electron chi connectivity index (χ0n) is 10.2. The molecule has 5 heteroatoms. The van der Waals surface area contributed by atoms with Crippen LogP contribution in [0.3, 0.4) is 0 Å². The van der Waals surface area contributed by atoms with Gasteiger partial charge in [-0.1, -0.05) is 29.3 Å². The Bertz CT molecular complexity index is 430. The van der Waals surface area contributed by atoms with Crippen molar-refractivity contribution in [1.29, 1.82) is 0 Å². The predicted octanol–water partition coefficient (Wildman–Crippen LogP) is 2.86. The molecule has 1 saturated heterocycles. The first-order valence-corrected chi connectivity index (χ1v) is 6.82. The van der Waals surface area contributed by atoms with Crippen LogP contribution in [0.5, 0.6) is 0 Å². The molecule has 0 bridgehead atoms. The number of nitrogens with one attached hydrogen (secondary N) is 2. The maximum atomic E-state index is 12.2. The van der Waals surface area contributed by atoms with E-state index in [-0.39, 0.29) is 11.9 Å². The molecule has 0 aromatic heterocycles. The van der Waals surface area contributed by atoms with Gasteiger partial charge >= 0.3 is 0 Å². The summed E-state index contributed by atoms with van der Waals surface area (Å²) in [7, 11) is 0. The molecule has 2 atom stereocenters. The van der Waals surface area contributed by atoms with E-state index in [2.05, 4.69) is 17.6 Å². The number of benzene rings is 1. The third-order valence-corrected chi connectivity index (χ3v) is 3.78. The van der Waals surface area contributed by atoms with Crippen LogP contribution in [0, 0.1) is 0 Å². The number of hydrogen-bond acceptors (Lipinski definition) is 2. The maximum Gasteiger partial charge on any atom is 0.254 e. The lowest BCUT2D eigenvalue weighted by Crippen LogP contribution is -2.46. The van der Waals surface area contributed by atoms with Crippen LogP contribution in [0.25, 0.3) is 0 Å². The summed E-state index contributed by atoms with van der Waals surface area (Å²) < 4.78 is 0. The van der Waals surface area contributed by atoms with Crippen LogP contribution in [0.4, 0.5) is 0 Å². The molecule has 0 spiro atoms. The van der Waals surface area contributed by atoms with E-state index < -0.39 is 0 Å². The van der Waals surface area contributed by atoms with E-state index in [0.29, 0.717) is 21.7 Å². The molecule has 1 fully saturated rings. The number of rotatable bonds is 2. The quantitative estimate of drug-likeness (QED) is 0.878. The van der Waals surface area contributed by atoms with Gasteiger partial charge in [-0.05, 0) is 38.4 Å². The molecule has 0 aliphatic carbocycles. The first-order chi connectivity index (χ1) is 8.58. The van der Waals surface area contributed by atoms with Crippen LogP contribution < -0.4 is 10.6 Å². The fourth-order valence-corrected chi connectivity index (χ4v) is 2.80. The number of amides is 1. The first-order valence-electron chi connectivity index (χ1n) is 6.06. The summed E-state index contributed by atoms with van der Waals surface area (Å²) in [4.78, 5) is 12.2. The second-order valence-electron chi connectivity index (χ2n) is 4.65. The first kappa shape index (κ1) is 13.7. The molecule has 18 heavy (non-hydrogen) atoms. The lowest BCUT2D eigenvalue weighted by molar-refractivity contribution is 0.0926. The molecule has 1 aliphatic rings. The molecule has 2 rings (SSSR count). The highest BCUT2D eigenvalue weighted by molar-refractivity contribution is 6.39. The molecule has 1 aromatic rings. The summed E-state index contributed by atoms with van der Waals surface area (Å²) in [6.07, 6.45) is 1.85. The van der Waals surface area contributed by atoms with E-state index in [1.165, 1.54) is 0 Å². The molecule has 2 unspecified atom stereocenters. The lowest BCUT2D eigenvalue weighted by Gasteiger charge is -2.28. The van der Waals surface area contributed by atoms with E-state index in [4.69, 9.17) is 23.2 Å². The number of piperidine rings is 1. The van der Waals surface area contributed by atoms with Gasteiger partial charge in [-0.2, -0.15) is 0 Å². The van der Waals surface area contributed by atoms with Crippen molar-refractivity contribution < 1.29 is 4.79 Å². The van der Waals surface area contributed by atoms with Crippen molar-refractivity contribution in [2.45, 2.75) is 31.8 Å². The molecule has 0 radical (unpaired) electrons. The van der Waals surface area contributed by atoms with Gasteiger partial charge in [0, 0.05) is 12.1 Å². The minimum absolute atomic E-state index is 0.182. The smallest absolute Gasteiger partial charge is 0.254 e. The SMILES string of the molecule is CC1CC(NC(=O)c2c(Cl)cccc2Cl)CCN1. The summed E-state index contributed by atoms with van der Waals surface area (Å²) in [5, 5.41) is 7.13. The lowest BCUT2D eigenvalue weighted by atomic mass is 10.0. The zero-order valence-corrected chi connectivity index (χ0v) is 11.7. The Morgan fingerprint density at radius 1 is 1.39 bits per heavy atom. The van der Waals surface area contributed by atoms with E-state index in [1.54, 1.807) is 18.2 Å². The van der Waals surface area contributed by atoms with Gasteiger partial charge in [0.2, 0.25) is 0 Å². The van der Waals surface area contributed by atoms with Crippen LogP contribution in [0.15, 0.2) is 18.2 Å². The van der Waals surface area contributed by atoms with Crippen LogP contribution in [-0.2, 0) is 0 Å². The molecule has 1 amide bonds. The molecule has 0 saturated carbocycles. The minimum Gasteiger partial charge on any atom is -0.349 e. The van der Waals surface area contributed by atoms with Crippen molar-refractivity contribution in [3.63, 3.8) is 0 Å². The normalized spacial score (nSPS) is 23.7. The fraction of sp³-hybridized carbons (Fsp3) is 0.462. The monoisotopic (exact) mass is 286 g/mol. The van der Waals surface area contributed by atoms with Crippen LogP contribution in [0.2, 0.25) is 10.0 Å². The molecule has 1 aromatic carbocycles. The van der Waals surface area contributed by atoms with Crippen molar-refractivity contribution in [3.05, 3.63) is 33.8 Å². The molecule has 1 aliphatic heterocycles. The highest BCUT2D eigenvalue weighted by Crippen LogP contribution is 2.24. The van der Waals surface area contributed by atoms with Crippen LogP contribution >= 0.6 is 23.2 Å².